The van der Waals surface area contributed by atoms with Crippen molar-refractivity contribution in [2.45, 2.75) is 13.8 Å². The molecule has 3 N–H and O–H groups in total. The standard InChI is InChI=1S/C13H20N2O2S/c1-10-3-5-12(6-4-10)15-13(16)9-18(17)8-11(2)7-14/h3-6,11H,7-9,14H2,1-2H3,(H,15,16). The summed E-state index contributed by atoms with van der Waals surface area (Å²) >= 11 is 0. The van der Waals surface area contributed by atoms with E-state index in [9.17, 15) is 9.00 Å². The van der Waals surface area contributed by atoms with Gasteiger partial charge in [-0.25, -0.2) is 0 Å². The molecule has 0 aliphatic heterocycles. The maximum atomic E-state index is 11.7. The number of rotatable bonds is 6. The minimum atomic E-state index is -1.15. The Morgan fingerprint density at radius 3 is 2.56 bits per heavy atom. The molecular weight excluding hydrogens is 248 g/mol. The molecule has 1 rings (SSSR count). The van der Waals surface area contributed by atoms with Crippen LogP contribution in [0.25, 0.3) is 0 Å². The van der Waals surface area contributed by atoms with Crippen molar-refractivity contribution in [1.82, 2.24) is 0 Å². The van der Waals surface area contributed by atoms with Crippen LogP contribution in [0.3, 0.4) is 0 Å². The van der Waals surface area contributed by atoms with E-state index in [0.717, 1.165) is 11.3 Å². The average Bonchev–Trinajstić information content (AvgIpc) is 2.31. The number of nitrogens with two attached hydrogens (primary N) is 1. The highest BCUT2D eigenvalue weighted by molar-refractivity contribution is 7.85. The van der Waals surface area contributed by atoms with Gasteiger partial charge in [0.15, 0.2) is 0 Å². The van der Waals surface area contributed by atoms with Gasteiger partial charge in [-0.3, -0.25) is 9.00 Å². The van der Waals surface area contributed by atoms with Crippen molar-refractivity contribution < 1.29 is 9.00 Å². The van der Waals surface area contributed by atoms with E-state index in [2.05, 4.69) is 5.32 Å². The summed E-state index contributed by atoms with van der Waals surface area (Å²) in [6.07, 6.45) is 0. The zero-order valence-corrected chi connectivity index (χ0v) is 11.6. The molecule has 2 atom stereocenters. The molecule has 4 nitrogen and oxygen atoms in total. The fraction of sp³-hybridized carbons (Fsp3) is 0.462. The summed E-state index contributed by atoms with van der Waals surface area (Å²) in [5.74, 6) is 0.454. The Hall–Kier alpha value is -1.20. The van der Waals surface area contributed by atoms with Gasteiger partial charge in [-0.1, -0.05) is 24.6 Å². The van der Waals surface area contributed by atoms with Crippen molar-refractivity contribution in [3.05, 3.63) is 29.8 Å². The number of amides is 1. The lowest BCUT2D eigenvalue weighted by Crippen LogP contribution is -2.25. The van der Waals surface area contributed by atoms with Crippen LogP contribution in [-0.2, 0) is 15.6 Å². The summed E-state index contributed by atoms with van der Waals surface area (Å²) in [5, 5.41) is 2.73. The lowest BCUT2D eigenvalue weighted by atomic mass is 10.2. The van der Waals surface area contributed by atoms with Gasteiger partial charge in [-0.15, -0.1) is 0 Å². The Bertz CT molecular complexity index is 418. The Balaban J connectivity index is 2.42. The van der Waals surface area contributed by atoms with Crippen LogP contribution in [0.15, 0.2) is 24.3 Å². The van der Waals surface area contributed by atoms with Gasteiger partial charge in [0, 0.05) is 22.2 Å². The predicted octanol–water partition coefficient (Wildman–Crippen LogP) is 1.28. The van der Waals surface area contributed by atoms with Crippen LogP contribution in [0.1, 0.15) is 12.5 Å². The van der Waals surface area contributed by atoms with E-state index in [1.807, 2.05) is 38.1 Å². The minimum Gasteiger partial charge on any atom is -0.330 e. The van der Waals surface area contributed by atoms with Gasteiger partial charge in [0.05, 0.1) is 0 Å². The monoisotopic (exact) mass is 268 g/mol. The number of nitrogens with one attached hydrogen (secondary N) is 1. The average molecular weight is 268 g/mol. The number of hydrogen-bond acceptors (Lipinski definition) is 3. The molecule has 0 heterocycles. The van der Waals surface area contributed by atoms with E-state index < -0.39 is 10.8 Å². The maximum absolute atomic E-state index is 11.7. The molecule has 0 saturated heterocycles. The highest BCUT2D eigenvalue weighted by Gasteiger charge is 2.11. The molecular formula is C13H20N2O2S. The van der Waals surface area contributed by atoms with E-state index in [1.165, 1.54) is 0 Å². The van der Waals surface area contributed by atoms with Crippen LogP contribution in [0.4, 0.5) is 5.69 Å². The van der Waals surface area contributed by atoms with E-state index in [4.69, 9.17) is 5.73 Å². The van der Waals surface area contributed by atoms with Gasteiger partial charge < -0.3 is 11.1 Å². The zero-order chi connectivity index (χ0) is 13.5. The van der Waals surface area contributed by atoms with Gasteiger partial charge >= 0.3 is 0 Å². The third-order valence-corrected chi connectivity index (χ3v) is 4.03. The Labute approximate surface area is 110 Å². The molecule has 0 saturated carbocycles. The number of benzene rings is 1. The van der Waals surface area contributed by atoms with Crippen molar-refractivity contribution >= 4 is 22.4 Å². The summed E-state index contributed by atoms with van der Waals surface area (Å²) in [7, 11) is -1.15. The second-order valence-corrected chi connectivity index (χ2v) is 6.01. The second kappa shape index (κ2) is 7.28. The van der Waals surface area contributed by atoms with Crippen LogP contribution in [0.5, 0.6) is 0 Å². The fourth-order valence-corrected chi connectivity index (χ4v) is 2.68. The van der Waals surface area contributed by atoms with Gasteiger partial charge in [0.25, 0.3) is 0 Å². The topological polar surface area (TPSA) is 72.2 Å². The molecule has 5 heteroatoms. The molecule has 0 aromatic heterocycles. The summed E-state index contributed by atoms with van der Waals surface area (Å²) in [6.45, 7) is 4.40. The number of hydrogen-bond donors (Lipinski definition) is 2. The largest absolute Gasteiger partial charge is 0.330 e. The van der Waals surface area contributed by atoms with Crippen LogP contribution in [-0.4, -0.2) is 28.2 Å². The normalized spacial score (nSPS) is 13.9. The first-order chi connectivity index (χ1) is 8.51. The molecule has 1 amide bonds. The van der Waals surface area contributed by atoms with Crippen molar-refractivity contribution in [1.29, 1.82) is 0 Å². The Morgan fingerprint density at radius 2 is 2.00 bits per heavy atom. The van der Waals surface area contributed by atoms with Crippen molar-refractivity contribution in [2.75, 3.05) is 23.4 Å². The molecule has 0 bridgehead atoms. The molecule has 1 aromatic carbocycles. The first-order valence-corrected chi connectivity index (χ1v) is 7.41. The summed E-state index contributed by atoms with van der Waals surface area (Å²) in [6, 6.07) is 7.50. The number of aryl methyl sites for hydroxylation is 1. The lowest BCUT2D eigenvalue weighted by molar-refractivity contribution is -0.113. The van der Waals surface area contributed by atoms with Crippen molar-refractivity contribution in [2.24, 2.45) is 11.7 Å². The van der Waals surface area contributed by atoms with E-state index in [0.29, 0.717) is 12.3 Å². The van der Waals surface area contributed by atoms with Crippen molar-refractivity contribution in [3.8, 4) is 0 Å². The van der Waals surface area contributed by atoms with E-state index in [-0.39, 0.29) is 17.6 Å². The summed E-state index contributed by atoms with van der Waals surface area (Å²) in [4.78, 5) is 11.6. The maximum Gasteiger partial charge on any atom is 0.236 e. The SMILES string of the molecule is Cc1ccc(NC(=O)CS(=O)CC(C)CN)cc1. The number of anilines is 1. The minimum absolute atomic E-state index is 0.0260. The Kier molecular flexibility index (Phi) is 6.01. The van der Waals surface area contributed by atoms with Crippen LogP contribution in [0.2, 0.25) is 0 Å². The molecule has 18 heavy (non-hydrogen) atoms. The number of carbonyl (C=O) groups is 1. The van der Waals surface area contributed by atoms with Gasteiger partial charge in [-0.2, -0.15) is 0 Å². The third kappa shape index (κ3) is 5.42. The second-order valence-electron chi connectivity index (χ2n) is 4.51. The van der Waals surface area contributed by atoms with Gasteiger partial charge in [0.2, 0.25) is 5.91 Å². The molecule has 0 aliphatic carbocycles. The summed E-state index contributed by atoms with van der Waals surface area (Å²) in [5.41, 5.74) is 7.32. The van der Waals surface area contributed by atoms with Gasteiger partial charge in [0.1, 0.15) is 5.75 Å². The van der Waals surface area contributed by atoms with E-state index >= 15 is 0 Å². The van der Waals surface area contributed by atoms with E-state index in [1.54, 1.807) is 0 Å². The molecule has 0 radical (unpaired) electrons. The van der Waals surface area contributed by atoms with Crippen LogP contribution in [0, 0.1) is 12.8 Å². The van der Waals surface area contributed by atoms with Crippen LogP contribution < -0.4 is 11.1 Å². The molecule has 0 spiro atoms. The van der Waals surface area contributed by atoms with Crippen LogP contribution >= 0.6 is 0 Å². The zero-order valence-electron chi connectivity index (χ0n) is 10.8. The molecule has 0 fully saturated rings. The highest BCUT2D eigenvalue weighted by Crippen LogP contribution is 2.08. The molecule has 0 aliphatic rings. The first kappa shape index (κ1) is 14.9. The molecule has 1 aromatic rings. The fourth-order valence-electron chi connectivity index (χ4n) is 1.42. The third-order valence-electron chi connectivity index (χ3n) is 2.50. The summed E-state index contributed by atoms with van der Waals surface area (Å²) < 4.78 is 11.7. The molecule has 2 unspecified atom stereocenters. The molecule has 100 valence electrons. The smallest absolute Gasteiger partial charge is 0.236 e. The highest BCUT2D eigenvalue weighted by atomic mass is 32.2. The van der Waals surface area contributed by atoms with Crippen molar-refractivity contribution in [3.63, 3.8) is 0 Å². The predicted molar refractivity (Wildman–Crippen MR) is 75.9 cm³/mol. The Morgan fingerprint density at radius 1 is 1.39 bits per heavy atom. The first-order valence-electron chi connectivity index (χ1n) is 5.93. The number of carbonyl (C=O) groups excluding carboxylic acids is 1. The quantitative estimate of drug-likeness (QED) is 0.816. The van der Waals surface area contributed by atoms with Gasteiger partial charge in [-0.05, 0) is 31.5 Å². The lowest BCUT2D eigenvalue weighted by Gasteiger charge is -2.08.